The standard InChI is InChI=1S/C10H17N3S.C8H10O.3ClH/c1-9-10(14-8-12-9)2-5-13-6-3-11-4-7-13;1-2-9-8-6-4-3-5-7-8;;;/h8,11H,2-7H2,1H3;3-7H,2H2,1H3;3*1H. The Hall–Kier alpha value is -0.560. The molecular formula is C18H30Cl3N3OS. The van der Waals surface area contributed by atoms with E-state index < -0.39 is 0 Å². The van der Waals surface area contributed by atoms with E-state index in [0.717, 1.165) is 31.9 Å². The fourth-order valence-electron chi connectivity index (χ4n) is 2.44. The molecule has 0 atom stereocenters. The van der Waals surface area contributed by atoms with E-state index in [9.17, 15) is 0 Å². The summed E-state index contributed by atoms with van der Waals surface area (Å²) in [4.78, 5) is 8.24. The predicted octanol–water partition coefficient (Wildman–Crippen LogP) is 4.25. The fraction of sp³-hybridized carbons (Fsp3) is 0.500. The Bertz CT molecular complexity index is 552. The van der Waals surface area contributed by atoms with Gasteiger partial charge in [-0.2, -0.15) is 0 Å². The summed E-state index contributed by atoms with van der Waals surface area (Å²) in [5.41, 5.74) is 3.16. The van der Waals surface area contributed by atoms with Crippen molar-refractivity contribution in [2.75, 3.05) is 39.3 Å². The Morgan fingerprint density at radius 1 is 1.12 bits per heavy atom. The van der Waals surface area contributed by atoms with Gasteiger partial charge in [-0.25, -0.2) is 4.98 Å². The summed E-state index contributed by atoms with van der Waals surface area (Å²) in [5, 5.41) is 3.37. The molecule has 3 rings (SSSR count). The summed E-state index contributed by atoms with van der Waals surface area (Å²) < 4.78 is 5.21. The van der Waals surface area contributed by atoms with Crippen LogP contribution in [0.5, 0.6) is 5.75 Å². The summed E-state index contributed by atoms with van der Waals surface area (Å²) in [5.74, 6) is 0.944. The van der Waals surface area contributed by atoms with E-state index in [1.165, 1.54) is 30.2 Å². The molecule has 4 nitrogen and oxygen atoms in total. The molecule has 1 saturated heterocycles. The molecule has 0 amide bonds. The fourth-order valence-corrected chi connectivity index (χ4v) is 3.21. The van der Waals surface area contributed by atoms with Crippen molar-refractivity contribution in [1.82, 2.24) is 15.2 Å². The number of nitrogens with one attached hydrogen (secondary N) is 1. The molecule has 0 spiro atoms. The molecule has 1 aliphatic rings. The van der Waals surface area contributed by atoms with Crippen LogP contribution in [0.25, 0.3) is 0 Å². The van der Waals surface area contributed by atoms with E-state index in [-0.39, 0.29) is 37.2 Å². The number of hydrogen-bond acceptors (Lipinski definition) is 5. The highest BCUT2D eigenvalue weighted by Crippen LogP contribution is 2.13. The molecule has 2 heterocycles. The first-order valence-electron chi connectivity index (χ1n) is 8.29. The number of benzene rings is 1. The van der Waals surface area contributed by atoms with Crippen LogP contribution in [0.3, 0.4) is 0 Å². The van der Waals surface area contributed by atoms with Gasteiger partial charge in [-0.3, -0.25) is 0 Å². The van der Waals surface area contributed by atoms with E-state index in [1.807, 2.05) is 42.8 Å². The maximum atomic E-state index is 5.21. The Balaban J connectivity index is 0. The molecule has 0 bridgehead atoms. The maximum absolute atomic E-state index is 5.21. The molecule has 8 heteroatoms. The summed E-state index contributed by atoms with van der Waals surface area (Å²) >= 11 is 1.78. The van der Waals surface area contributed by atoms with Crippen LogP contribution in [0.15, 0.2) is 35.8 Å². The van der Waals surface area contributed by atoms with Crippen molar-refractivity contribution in [3.63, 3.8) is 0 Å². The highest BCUT2D eigenvalue weighted by molar-refractivity contribution is 7.09. The van der Waals surface area contributed by atoms with Gasteiger partial charge in [-0.15, -0.1) is 48.6 Å². The van der Waals surface area contributed by atoms with Crippen molar-refractivity contribution in [2.24, 2.45) is 0 Å². The maximum Gasteiger partial charge on any atom is 0.119 e. The number of piperazine rings is 1. The lowest BCUT2D eigenvalue weighted by Crippen LogP contribution is -2.44. The van der Waals surface area contributed by atoms with Gasteiger partial charge in [0.1, 0.15) is 5.75 Å². The van der Waals surface area contributed by atoms with E-state index in [0.29, 0.717) is 0 Å². The third kappa shape index (κ3) is 10.6. The van der Waals surface area contributed by atoms with Gasteiger partial charge in [-0.05, 0) is 32.4 Å². The van der Waals surface area contributed by atoms with Crippen LogP contribution in [-0.4, -0.2) is 49.2 Å². The van der Waals surface area contributed by atoms with Crippen LogP contribution < -0.4 is 10.1 Å². The van der Waals surface area contributed by atoms with E-state index >= 15 is 0 Å². The number of ether oxygens (including phenoxy) is 1. The number of aromatic nitrogens is 1. The second-order valence-electron chi connectivity index (χ2n) is 5.45. The van der Waals surface area contributed by atoms with Gasteiger partial charge in [0.15, 0.2) is 0 Å². The average molecular weight is 443 g/mol. The van der Waals surface area contributed by atoms with Gasteiger partial charge in [0.25, 0.3) is 0 Å². The first-order valence-corrected chi connectivity index (χ1v) is 9.17. The molecule has 1 fully saturated rings. The van der Waals surface area contributed by atoms with E-state index in [1.54, 1.807) is 11.3 Å². The third-order valence-corrected chi connectivity index (χ3v) is 4.76. The molecule has 150 valence electrons. The SMILES string of the molecule is CCOc1ccccc1.Cc1ncsc1CCN1CCNCC1.Cl.Cl.Cl. The largest absolute Gasteiger partial charge is 0.494 e. The zero-order valence-corrected chi connectivity index (χ0v) is 18.6. The van der Waals surface area contributed by atoms with Crippen molar-refractivity contribution < 1.29 is 4.74 Å². The predicted molar refractivity (Wildman–Crippen MR) is 119 cm³/mol. The zero-order chi connectivity index (χ0) is 16.3. The Morgan fingerprint density at radius 3 is 2.31 bits per heavy atom. The molecular weight excluding hydrogens is 413 g/mol. The van der Waals surface area contributed by atoms with Gasteiger partial charge in [0, 0.05) is 37.6 Å². The van der Waals surface area contributed by atoms with Crippen molar-refractivity contribution in [2.45, 2.75) is 20.3 Å². The molecule has 1 aromatic carbocycles. The van der Waals surface area contributed by atoms with Crippen LogP contribution in [0.4, 0.5) is 0 Å². The van der Waals surface area contributed by atoms with Crippen LogP contribution >= 0.6 is 48.6 Å². The van der Waals surface area contributed by atoms with Gasteiger partial charge < -0.3 is 15.0 Å². The van der Waals surface area contributed by atoms with Crippen LogP contribution in [0, 0.1) is 6.92 Å². The second-order valence-corrected chi connectivity index (χ2v) is 6.39. The summed E-state index contributed by atoms with van der Waals surface area (Å²) in [6.45, 7) is 10.7. The first-order chi connectivity index (χ1) is 11.3. The van der Waals surface area contributed by atoms with Crippen molar-refractivity contribution in [3.05, 3.63) is 46.4 Å². The lowest BCUT2D eigenvalue weighted by atomic mass is 10.2. The van der Waals surface area contributed by atoms with Gasteiger partial charge in [0.2, 0.25) is 0 Å². The molecule has 0 aliphatic carbocycles. The van der Waals surface area contributed by atoms with Crippen molar-refractivity contribution in [1.29, 1.82) is 0 Å². The smallest absolute Gasteiger partial charge is 0.119 e. The first kappa shape index (κ1) is 27.7. The molecule has 1 aliphatic heterocycles. The van der Waals surface area contributed by atoms with Gasteiger partial charge in [-0.1, -0.05) is 18.2 Å². The third-order valence-electron chi connectivity index (χ3n) is 3.76. The minimum Gasteiger partial charge on any atom is -0.494 e. The minimum atomic E-state index is 0. The van der Waals surface area contributed by atoms with E-state index in [2.05, 4.69) is 22.1 Å². The number of para-hydroxylation sites is 1. The Kier molecular flexibility index (Phi) is 17.7. The Labute approximate surface area is 180 Å². The quantitative estimate of drug-likeness (QED) is 0.751. The number of rotatable bonds is 5. The number of halogens is 3. The molecule has 0 saturated carbocycles. The van der Waals surface area contributed by atoms with Crippen LogP contribution in [0.1, 0.15) is 17.5 Å². The number of aryl methyl sites for hydroxylation is 1. The number of thiazole rings is 1. The van der Waals surface area contributed by atoms with Crippen LogP contribution in [0.2, 0.25) is 0 Å². The zero-order valence-electron chi connectivity index (χ0n) is 15.3. The molecule has 2 aromatic rings. The van der Waals surface area contributed by atoms with Gasteiger partial charge >= 0.3 is 0 Å². The normalized spacial score (nSPS) is 13.2. The molecule has 0 radical (unpaired) electrons. The molecule has 1 N–H and O–H groups in total. The Morgan fingerprint density at radius 2 is 1.77 bits per heavy atom. The molecule has 1 aromatic heterocycles. The monoisotopic (exact) mass is 441 g/mol. The lowest BCUT2D eigenvalue weighted by molar-refractivity contribution is 0.244. The second kappa shape index (κ2) is 16.6. The molecule has 26 heavy (non-hydrogen) atoms. The van der Waals surface area contributed by atoms with Crippen LogP contribution in [-0.2, 0) is 6.42 Å². The lowest BCUT2D eigenvalue weighted by Gasteiger charge is -2.26. The summed E-state index contributed by atoms with van der Waals surface area (Å²) in [7, 11) is 0. The van der Waals surface area contributed by atoms with E-state index in [4.69, 9.17) is 4.74 Å². The van der Waals surface area contributed by atoms with Crippen molar-refractivity contribution in [3.8, 4) is 5.75 Å². The van der Waals surface area contributed by atoms with Gasteiger partial charge in [0.05, 0.1) is 17.8 Å². The average Bonchev–Trinajstić information content (AvgIpc) is 3.01. The minimum absolute atomic E-state index is 0. The number of hydrogen-bond donors (Lipinski definition) is 1. The highest BCUT2D eigenvalue weighted by atomic mass is 35.5. The number of nitrogens with zero attached hydrogens (tertiary/aromatic N) is 2. The summed E-state index contributed by atoms with van der Waals surface area (Å²) in [6, 6.07) is 9.80. The topological polar surface area (TPSA) is 37.4 Å². The highest BCUT2D eigenvalue weighted by Gasteiger charge is 2.10. The van der Waals surface area contributed by atoms with Crippen molar-refractivity contribution >= 4 is 48.6 Å². The molecule has 0 unspecified atom stereocenters. The summed E-state index contributed by atoms with van der Waals surface area (Å²) in [6.07, 6.45) is 1.16.